The van der Waals surface area contributed by atoms with Gasteiger partial charge in [-0.1, -0.05) is 45.9 Å². The van der Waals surface area contributed by atoms with Crippen LogP contribution in [-0.2, 0) is 6.54 Å². The van der Waals surface area contributed by atoms with Crippen molar-refractivity contribution in [1.82, 2.24) is 25.5 Å². The molecule has 0 aliphatic rings. The topological polar surface area (TPSA) is 103 Å². The Hall–Kier alpha value is -3.30. The minimum Gasteiger partial charge on any atom is -0.414 e. The smallest absolute Gasteiger partial charge is 0.270 e. The number of hydrogen-bond donors (Lipinski definition) is 2. The number of rotatable bonds is 9. The van der Waals surface area contributed by atoms with Crippen LogP contribution < -0.4 is 11.1 Å². The molecule has 0 spiro atoms. The zero-order valence-corrected chi connectivity index (χ0v) is 21.1. The molecule has 7 nitrogen and oxygen atoms in total. The summed E-state index contributed by atoms with van der Waals surface area (Å²) in [6.07, 6.45) is 1.60. The Balaban J connectivity index is 1.55. The maximum Gasteiger partial charge on any atom is 0.270 e. The van der Waals surface area contributed by atoms with Gasteiger partial charge >= 0.3 is 0 Å². The summed E-state index contributed by atoms with van der Waals surface area (Å²) in [6, 6.07) is 13.0. The molecule has 0 unspecified atom stereocenters. The molecule has 182 valence electrons. The molecule has 0 radical (unpaired) electrons. The number of halogens is 1. The second-order valence-electron chi connectivity index (χ2n) is 8.93. The van der Waals surface area contributed by atoms with Crippen molar-refractivity contribution in [3.63, 3.8) is 0 Å². The third kappa shape index (κ3) is 6.23. The van der Waals surface area contributed by atoms with Crippen LogP contribution >= 0.6 is 11.8 Å². The van der Waals surface area contributed by atoms with E-state index in [1.165, 1.54) is 11.0 Å². The van der Waals surface area contributed by atoms with E-state index in [4.69, 9.17) is 10.2 Å². The van der Waals surface area contributed by atoms with Crippen LogP contribution in [0.4, 0.5) is 10.2 Å². The van der Waals surface area contributed by atoms with Crippen molar-refractivity contribution in [1.29, 1.82) is 0 Å². The molecule has 2 heterocycles. The molecule has 4 aromatic rings. The van der Waals surface area contributed by atoms with Gasteiger partial charge in [0.2, 0.25) is 0 Å². The van der Waals surface area contributed by atoms with Gasteiger partial charge in [-0.3, -0.25) is 0 Å². The van der Waals surface area contributed by atoms with E-state index in [1.807, 2.05) is 30.3 Å². The van der Waals surface area contributed by atoms with E-state index in [1.54, 1.807) is 24.0 Å². The summed E-state index contributed by atoms with van der Waals surface area (Å²) in [4.78, 5) is 10.0. The molecule has 0 atom stereocenters. The quantitative estimate of drug-likeness (QED) is 0.281. The number of nitrogens with zero attached hydrogens (tertiary/aromatic N) is 4. The zero-order chi connectivity index (χ0) is 24.9. The number of nitrogen functional groups attached to an aromatic ring is 1. The Labute approximate surface area is 208 Å². The van der Waals surface area contributed by atoms with Gasteiger partial charge in [-0.2, -0.15) is 0 Å². The summed E-state index contributed by atoms with van der Waals surface area (Å²) < 4.78 is 20.6. The summed E-state index contributed by atoms with van der Waals surface area (Å²) >= 11 is 1.79. The first kappa shape index (κ1) is 24.8. The lowest BCUT2D eigenvalue weighted by molar-refractivity contribution is 0.548. The van der Waals surface area contributed by atoms with E-state index in [-0.39, 0.29) is 28.9 Å². The fourth-order valence-electron chi connectivity index (χ4n) is 3.45. The first-order valence-corrected chi connectivity index (χ1v) is 12.4. The van der Waals surface area contributed by atoms with Crippen LogP contribution in [0.2, 0.25) is 0 Å². The molecule has 4 rings (SSSR count). The Morgan fingerprint density at radius 2 is 1.77 bits per heavy atom. The van der Waals surface area contributed by atoms with Crippen LogP contribution in [0.15, 0.2) is 58.0 Å². The molecule has 0 aliphatic heterocycles. The maximum absolute atomic E-state index is 14.8. The molecule has 0 fully saturated rings. The van der Waals surface area contributed by atoms with E-state index in [0.717, 1.165) is 17.7 Å². The maximum atomic E-state index is 14.8. The largest absolute Gasteiger partial charge is 0.414 e. The molecule has 2 aromatic carbocycles. The lowest BCUT2D eigenvalue weighted by Gasteiger charge is -2.08. The third-order valence-electron chi connectivity index (χ3n) is 5.10. The van der Waals surface area contributed by atoms with E-state index >= 15 is 0 Å². The van der Waals surface area contributed by atoms with Crippen molar-refractivity contribution in [2.75, 3.05) is 12.3 Å². The highest BCUT2D eigenvalue weighted by atomic mass is 32.2. The van der Waals surface area contributed by atoms with Gasteiger partial charge in [0.15, 0.2) is 11.5 Å². The van der Waals surface area contributed by atoms with E-state index in [2.05, 4.69) is 53.2 Å². The molecule has 2 aromatic heterocycles. The van der Waals surface area contributed by atoms with Crippen LogP contribution in [0.25, 0.3) is 34.3 Å². The molecule has 0 saturated carbocycles. The molecule has 0 amide bonds. The van der Waals surface area contributed by atoms with E-state index in [9.17, 15) is 4.39 Å². The Morgan fingerprint density at radius 3 is 2.46 bits per heavy atom. The third-order valence-corrected chi connectivity index (χ3v) is 6.11. The van der Waals surface area contributed by atoms with Crippen molar-refractivity contribution in [3.8, 4) is 34.3 Å². The fourth-order valence-corrected chi connectivity index (χ4v) is 4.28. The number of benzene rings is 2. The van der Waals surface area contributed by atoms with Crippen LogP contribution in [0.3, 0.4) is 0 Å². The predicted molar refractivity (Wildman–Crippen MR) is 138 cm³/mol. The van der Waals surface area contributed by atoms with Gasteiger partial charge in [0.05, 0.1) is 17.5 Å². The molecular weight excluding hydrogens is 463 g/mol. The second kappa shape index (κ2) is 11.0. The van der Waals surface area contributed by atoms with Crippen molar-refractivity contribution >= 4 is 17.6 Å². The number of hydrogen-bond acceptors (Lipinski definition) is 8. The molecular formula is C26H29FN6OS. The number of anilines is 1. The highest BCUT2D eigenvalue weighted by Gasteiger charge is 2.19. The molecule has 9 heteroatoms. The van der Waals surface area contributed by atoms with Crippen molar-refractivity contribution in [3.05, 3.63) is 60.0 Å². The number of thioether (sulfide) groups is 1. The first-order chi connectivity index (χ1) is 16.8. The van der Waals surface area contributed by atoms with Gasteiger partial charge in [0.25, 0.3) is 11.8 Å². The van der Waals surface area contributed by atoms with Crippen LogP contribution in [-0.4, -0.2) is 32.0 Å². The summed E-state index contributed by atoms with van der Waals surface area (Å²) in [5.41, 5.74) is 8.89. The molecule has 0 saturated heterocycles. The molecule has 3 N–H and O–H groups in total. The van der Waals surface area contributed by atoms with Gasteiger partial charge in [0.1, 0.15) is 5.82 Å². The van der Waals surface area contributed by atoms with Crippen LogP contribution in [0, 0.1) is 11.7 Å². The van der Waals surface area contributed by atoms with Gasteiger partial charge in [-0.05, 0) is 42.3 Å². The zero-order valence-electron chi connectivity index (χ0n) is 20.2. The Morgan fingerprint density at radius 1 is 1.03 bits per heavy atom. The fraction of sp³-hybridized carbons (Fsp3) is 0.308. The lowest BCUT2D eigenvalue weighted by atomic mass is 10.1. The monoisotopic (exact) mass is 492 g/mol. The average molecular weight is 493 g/mol. The second-order valence-corrected chi connectivity index (χ2v) is 10.6. The van der Waals surface area contributed by atoms with Gasteiger partial charge in [-0.25, -0.2) is 14.4 Å². The summed E-state index contributed by atoms with van der Waals surface area (Å²) in [5.74, 6) is 0.383. The molecule has 0 aliphatic carbocycles. The summed E-state index contributed by atoms with van der Waals surface area (Å²) in [7, 11) is 0. The molecule has 35 heavy (non-hydrogen) atoms. The number of aromatic nitrogens is 4. The van der Waals surface area contributed by atoms with Crippen LogP contribution in [0.5, 0.6) is 0 Å². The van der Waals surface area contributed by atoms with Gasteiger partial charge in [-0.15, -0.1) is 22.0 Å². The number of nitrogens with one attached hydrogen (secondary N) is 1. The minimum atomic E-state index is -0.434. The van der Waals surface area contributed by atoms with Gasteiger partial charge < -0.3 is 15.5 Å². The van der Waals surface area contributed by atoms with E-state index in [0.29, 0.717) is 23.4 Å². The Kier molecular flexibility index (Phi) is 7.77. The highest BCUT2D eigenvalue weighted by Crippen LogP contribution is 2.30. The van der Waals surface area contributed by atoms with Crippen molar-refractivity contribution in [2.24, 2.45) is 5.92 Å². The average Bonchev–Trinajstić information content (AvgIpc) is 3.29. The van der Waals surface area contributed by atoms with E-state index < -0.39 is 5.82 Å². The summed E-state index contributed by atoms with van der Waals surface area (Å²) in [6.45, 7) is 10.00. The lowest BCUT2D eigenvalue weighted by Crippen LogP contribution is -2.19. The van der Waals surface area contributed by atoms with Crippen molar-refractivity contribution in [2.45, 2.75) is 44.4 Å². The SMILES string of the molecule is CC(C)CNCc1ccc(-c2nnc(-c3nc(-c4ccc(SC(C)C)cc4)cnc3N)o2)c(F)c1. The Bertz CT molecular complexity index is 1290. The number of nitrogens with two attached hydrogens (primary N) is 1. The summed E-state index contributed by atoms with van der Waals surface area (Å²) in [5, 5.41) is 11.9. The highest BCUT2D eigenvalue weighted by molar-refractivity contribution is 7.99. The van der Waals surface area contributed by atoms with Crippen LogP contribution in [0.1, 0.15) is 33.3 Å². The molecule has 0 bridgehead atoms. The normalized spacial score (nSPS) is 11.5. The first-order valence-electron chi connectivity index (χ1n) is 11.5. The van der Waals surface area contributed by atoms with Crippen molar-refractivity contribution < 1.29 is 8.81 Å². The minimum absolute atomic E-state index is 0.0563. The van der Waals surface area contributed by atoms with Gasteiger partial charge in [0, 0.05) is 22.3 Å². The standard InChI is InChI=1S/C26H29FN6OS/c1-15(2)12-29-13-17-5-10-20(21(27)11-17)25-32-33-26(34-25)23-24(28)30-14-22(31-23)18-6-8-19(9-7-18)35-16(3)4/h5-11,14-16,29H,12-13H2,1-4H3,(H2,28,30). The predicted octanol–water partition coefficient (Wildman–Crippen LogP) is 5.83.